The first-order chi connectivity index (χ1) is 11.1. The second kappa shape index (κ2) is 8.19. The number of carboxylic acids is 1. The fourth-order valence-corrected chi connectivity index (χ4v) is 2.61. The van der Waals surface area contributed by atoms with Crippen LogP contribution in [0.2, 0.25) is 0 Å². The summed E-state index contributed by atoms with van der Waals surface area (Å²) in [5, 5.41) is 14.0. The zero-order valence-corrected chi connectivity index (χ0v) is 13.3. The van der Waals surface area contributed by atoms with E-state index in [2.05, 4.69) is 10.3 Å². The van der Waals surface area contributed by atoms with Gasteiger partial charge in [-0.05, 0) is 31.2 Å². The summed E-state index contributed by atoms with van der Waals surface area (Å²) in [6, 6.07) is 10.0. The van der Waals surface area contributed by atoms with Crippen LogP contribution in [0.1, 0.15) is 17.3 Å². The molecule has 0 radical (unpaired) electrons. The van der Waals surface area contributed by atoms with Gasteiger partial charge in [0.25, 0.3) is 0 Å². The van der Waals surface area contributed by atoms with Crippen molar-refractivity contribution in [1.29, 1.82) is 0 Å². The molecule has 0 saturated heterocycles. The number of para-hydroxylation sites is 2. The van der Waals surface area contributed by atoms with Gasteiger partial charge in [-0.25, -0.2) is 4.98 Å². The lowest BCUT2D eigenvalue weighted by atomic mass is 10.3. The fourth-order valence-electron chi connectivity index (χ4n) is 1.83. The molecule has 0 atom stereocenters. The minimum atomic E-state index is -1.32. The van der Waals surface area contributed by atoms with E-state index in [1.807, 2.05) is 13.0 Å². The number of benzene rings is 1. The molecule has 0 unspecified atom stereocenters. The number of hydrogen-bond acceptors (Lipinski definition) is 6. The topological polar surface area (TPSA) is 91.3 Å². The van der Waals surface area contributed by atoms with E-state index in [4.69, 9.17) is 4.74 Å². The Morgan fingerprint density at radius 1 is 1.26 bits per heavy atom. The number of carbonyl (C=O) groups excluding carboxylic acids is 2. The third kappa shape index (κ3) is 4.72. The van der Waals surface area contributed by atoms with Gasteiger partial charge >= 0.3 is 0 Å². The smallest absolute Gasteiger partial charge is 0.234 e. The molecule has 1 aromatic heterocycles. The maximum absolute atomic E-state index is 12.0. The number of thioether (sulfide) groups is 1. The third-order valence-electron chi connectivity index (χ3n) is 2.79. The van der Waals surface area contributed by atoms with Crippen LogP contribution < -0.4 is 15.2 Å². The first kappa shape index (κ1) is 16.8. The van der Waals surface area contributed by atoms with Gasteiger partial charge in [0.1, 0.15) is 10.8 Å². The van der Waals surface area contributed by atoms with Gasteiger partial charge in [0.05, 0.1) is 24.0 Å². The molecule has 0 aliphatic heterocycles. The molecule has 0 spiro atoms. The van der Waals surface area contributed by atoms with Crippen LogP contribution in [0.4, 0.5) is 5.69 Å². The van der Waals surface area contributed by atoms with Crippen LogP contribution in [0.25, 0.3) is 0 Å². The van der Waals surface area contributed by atoms with Crippen LogP contribution in [-0.2, 0) is 4.79 Å². The number of aromatic carboxylic acids is 1. The monoisotopic (exact) mass is 331 g/mol. The molecule has 0 saturated carbocycles. The van der Waals surface area contributed by atoms with E-state index in [0.29, 0.717) is 18.0 Å². The van der Waals surface area contributed by atoms with Crippen LogP contribution in [0.15, 0.2) is 47.6 Å². The molecule has 23 heavy (non-hydrogen) atoms. The Labute approximate surface area is 137 Å². The molecule has 1 aromatic carbocycles. The Hall–Kier alpha value is -2.54. The van der Waals surface area contributed by atoms with Crippen molar-refractivity contribution in [3.05, 3.63) is 48.2 Å². The van der Waals surface area contributed by atoms with Crippen molar-refractivity contribution < 1.29 is 19.4 Å². The van der Waals surface area contributed by atoms with E-state index in [1.54, 1.807) is 18.2 Å². The van der Waals surface area contributed by atoms with E-state index in [9.17, 15) is 14.7 Å². The van der Waals surface area contributed by atoms with Crippen LogP contribution >= 0.6 is 11.8 Å². The predicted molar refractivity (Wildman–Crippen MR) is 85.5 cm³/mol. The van der Waals surface area contributed by atoms with Crippen molar-refractivity contribution in [2.75, 3.05) is 17.7 Å². The largest absolute Gasteiger partial charge is 0.545 e. The molecule has 0 fully saturated rings. The van der Waals surface area contributed by atoms with Gasteiger partial charge in [-0.3, -0.25) is 4.79 Å². The number of carboxylic acid groups (broad SMARTS) is 1. The van der Waals surface area contributed by atoms with E-state index >= 15 is 0 Å². The third-order valence-corrected chi connectivity index (χ3v) is 3.80. The Balaban J connectivity index is 2.00. The Bertz CT molecular complexity index is 706. The van der Waals surface area contributed by atoms with Crippen molar-refractivity contribution in [3.63, 3.8) is 0 Å². The number of ether oxygens (including phenoxy) is 1. The first-order valence-corrected chi connectivity index (χ1v) is 7.91. The summed E-state index contributed by atoms with van der Waals surface area (Å²) in [4.78, 5) is 27.0. The molecule has 0 aliphatic rings. The molecule has 1 amide bonds. The standard InChI is InChI=1S/C16H16N2O4S/c1-2-22-13-8-4-3-7-12(13)18-14(19)10-23-15-11(16(20)21)6-5-9-17-15/h3-9H,2,10H2,1H3,(H,18,19)(H,20,21)/p-1. The van der Waals surface area contributed by atoms with E-state index in [1.165, 1.54) is 18.3 Å². The SMILES string of the molecule is CCOc1ccccc1NC(=O)CSc1ncccc1C(=O)[O-]. The van der Waals surface area contributed by atoms with E-state index in [0.717, 1.165) is 11.8 Å². The van der Waals surface area contributed by atoms with Gasteiger partial charge in [0.2, 0.25) is 5.91 Å². The summed E-state index contributed by atoms with van der Waals surface area (Å²) in [7, 11) is 0. The Kier molecular flexibility index (Phi) is 5.99. The number of nitrogens with one attached hydrogen (secondary N) is 1. The number of carbonyl (C=O) groups is 2. The molecule has 2 rings (SSSR count). The zero-order valence-electron chi connectivity index (χ0n) is 12.4. The molecule has 120 valence electrons. The average Bonchev–Trinajstić information content (AvgIpc) is 2.55. The van der Waals surface area contributed by atoms with Crippen LogP contribution in [0.5, 0.6) is 5.75 Å². The number of hydrogen-bond donors (Lipinski definition) is 1. The lowest BCUT2D eigenvalue weighted by Crippen LogP contribution is -2.23. The molecule has 1 N–H and O–H groups in total. The van der Waals surface area contributed by atoms with Crippen LogP contribution in [0, 0.1) is 0 Å². The van der Waals surface area contributed by atoms with E-state index < -0.39 is 5.97 Å². The average molecular weight is 331 g/mol. The Morgan fingerprint density at radius 2 is 2.04 bits per heavy atom. The summed E-state index contributed by atoms with van der Waals surface area (Å²) >= 11 is 1.04. The maximum atomic E-state index is 12.0. The van der Waals surface area contributed by atoms with Gasteiger partial charge in [0, 0.05) is 11.8 Å². The second-order valence-electron chi connectivity index (χ2n) is 4.41. The molecule has 7 heteroatoms. The normalized spacial score (nSPS) is 10.1. The molecule has 0 aliphatic carbocycles. The lowest BCUT2D eigenvalue weighted by Gasteiger charge is -2.11. The van der Waals surface area contributed by atoms with E-state index in [-0.39, 0.29) is 22.2 Å². The molecule has 2 aromatic rings. The van der Waals surface area contributed by atoms with Crippen molar-refractivity contribution >= 4 is 29.3 Å². The maximum Gasteiger partial charge on any atom is 0.234 e. The zero-order chi connectivity index (χ0) is 16.7. The first-order valence-electron chi connectivity index (χ1n) is 6.92. The highest BCUT2D eigenvalue weighted by molar-refractivity contribution is 8.00. The molecule has 0 bridgehead atoms. The van der Waals surface area contributed by atoms with Gasteiger partial charge in [-0.2, -0.15) is 0 Å². The highest BCUT2D eigenvalue weighted by Gasteiger charge is 2.10. The highest BCUT2D eigenvalue weighted by Crippen LogP contribution is 2.25. The van der Waals surface area contributed by atoms with Crippen molar-refractivity contribution in [3.8, 4) is 5.75 Å². The second-order valence-corrected chi connectivity index (χ2v) is 5.37. The number of anilines is 1. The molecular weight excluding hydrogens is 316 g/mol. The Morgan fingerprint density at radius 3 is 2.78 bits per heavy atom. The van der Waals surface area contributed by atoms with Gasteiger partial charge in [-0.1, -0.05) is 23.9 Å². The minimum absolute atomic E-state index is 0.0255. The summed E-state index contributed by atoms with van der Waals surface area (Å²) in [6.45, 7) is 2.35. The van der Waals surface area contributed by atoms with Crippen LogP contribution in [0.3, 0.4) is 0 Å². The summed E-state index contributed by atoms with van der Waals surface area (Å²) in [5.41, 5.74) is 0.543. The highest BCUT2D eigenvalue weighted by atomic mass is 32.2. The predicted octanol–water partition coefficient (Wildman–Crippen LogP) is 1.57. The quantitative estimate of drug-likeness (QED) is 0.775. The number of amides is 1. The molecular formula is C16H15N2O4S-. The van der Waals surface area contributed by atoms with Crippen molar-refractivity contribution in [2.45, 2.75) is 11.9 Å². The number of aromatic nitrogens is 1. The fraction of sp³-hybridized carbons (Fsp3) is 0.188. The summed E-state index contributed by atoms with van der Waals surface area (Å²) in [5.74, 6) is -0.987. The number of nitrogens with zero attached hydrogens (tertiary/aromatic N) is 1. The van der Waals surface area contributed by atoms with Crippen LogP contribution in [-0.4, -0.2) is 29.2 Å². The van der Waals surface area contributed by atoms with Gasteiger partial charge in [-0.15, -0.1) is 0 Å². The number of pyridine rings is 1. The lowest BCUT2D eigenvalue weighted by molar-refractivity contribution is -0.255. The van der Waals surface area contributed by atoms with Crippen molar-refractivity contribution in [1.82, 2.24) is 4.98 Å². The van der Waals surface area contributed by atoms with Gasteiger partial charge in [0.15, 0.2) is 0 Å². The minimum Gasteiger partial charge on any atom is -0.545 e. The summed E-state index contributed by atoms with van der Waals surface area (Å²) in [6.07, 6.45) is 1.47. The summed E-state index contributed by atoms with van der Waals surface area (Å²) < 4.78 is 5.43. The van der Waals surface area contributed by atoms with Gasteiger partial charge < -0.3 is 20.0 Å². The number of rotatable bonds is 7. The molecule has 6 nitrogen and oxygen atoms in total. The van der Waals surface area contributed by atoms with Crippen molar-refractivity contribution in [2.24, 2.45) is 0 Å². The molecule has 1 heterocycles.